The van der Waals surface area contributed by atoms with E-state index in [1.807, 2.05) is 43.3 Å². The van der Waals surface area contributed by atoms with Crippen molar-refractivity contribution >= 4 is 23.5 Å². The minimum atomic E-state index is -1.07. The molecule has 4 rings (SSSR count). The Bertz CT molecular complexity index is 1280. The van der Waals surface area contributed by atoms with Gasteiger partial charge in [-0.1, -0.05) is 12.1 Å². The van der Waals surface area contributed by atoms with Gasteiger partial charge in [0.15, 0.2) is 0 Å². The van der Waals surface area contributed by atoms with Crippen LogP contribution in [-0.4, -0.2) is 52.7 Å². The van der Waals surface area contributed by atoms with Crippen molar-refractivity contribution in [3.05, 3.63) is 70.7 Å². The Labute approximate surface area is 209 Å². The number of ether oxygens (including phenoxy) is 2. The third kappa shape index (κ3) is 5.65. The van der Waals surface area contributed by atoms with Gasteiger partial charge in [-0.15, -0.1) is 0 Å². The number of hydrogen-bond donors (Lipinski definition) is 3. The molecule has 2 heterocycles. The highest BCUT2D eigenvalue weighted by atomic mass is 16.5. The van der Waals surface area contributed by atoms with E-state index >= 15 is 0 Å². The fraction of sp³-hybridized carbons (Fsp3) is 0.308. The van der Waals surface area contributed by atoms with Crippen LogP contribution in [0.15, 0.2) is 42.5 Å². The second-order valence-electron chi connectivity index (χ2n) is 8.48. The van der Waals surface area contributed by atoms with Crippen LogP contribution in [0.5, 0.6) is 11.5 Å². The number of nitrogens with zero attached hydrogens (tertiary/aromatic N) is 3. The van der Waals surface area contributed by atoms with Gasteiger partial charge in [0.2, 0.25) is 0 Å². The number of aryl methyl sites for hydroxylation is 2. The minimum absolute atomic E-state index is 0.169. The van der Waals surface area contributed by atoms with Gasteiger partial charge >= 0.3 is 6.09 Å². The summed E-state index contributed by atoms with van der Waals surface area (Å²) < 4.78 is 10.8. The Morgan fingerprint density at radius 3 is 2.69 bits per heavy atom. The first kappa shape index (κ1) is 24.8. The van der Waals surface area contributed by atoms with Crippen LogP contribution in [0.2, 0.25) is 0 Å². The molecule has 2 aromatic carbocycles. The molecule has 10 heteroatoms. The monoisotopic (exact) mass is 491 g/mol. The van der Waals surface area contributed by atoms with E-state index in [4.69, 9.17) is 14.6 Å². The lowest BCUT2D eigenvalue weighted by atomic mass is 10.1. The van der Waals surface area contributed by atoms with Crippen molar-refractivity contribution in [2.75, 3.05) is 26.1 Å². The first-order valence-corrected chi connectivity index (χ1v) is 11.6. The Morgan fingerprint density at radius 1 is 1.14 bits per heavy atom. The van der Waals surface area contributed by atoms with Gasteiger partial charge < -0.3 is 30.1 Å². The van der Waals surface area contributed by atoms with Crippen molar-refractivity contribution in [2.45, 2.75) is 32.9 Å². The van der Waals surface area contributed by atoms with E-state index < -0.39 is 6.09 Å². The minimum Gasteiger partial charge on any atom is -0.497 e. The Kier molecular flexibility index (Phi) is 7.53. The summed E-state index contributed by atoms with van der Waals surface area (Å²) in [4.78, 5) is 35.3. The number of carboxylic acid groups (broad SMARTS) is 1. The third-order valence-corrected chi connectivity index (χ3v) is 5.86. The molecule has 2 amide bonds. The van der Waals surface area contributed by atoms with Gasteiger partial charge in [-0.25, -0.2) is 14.8 Å². The van der Waals surface area contributed by atoms with Crippen molar-refractivity contribution in [1.82, 2.24) is 20.2 Å². The van der Waals surface area contributed by atoms with Gasteiger partial charge in [-0.2, -0.15) is 0 Å². The Balaban J connectivity index is 1.62. The number of methoxy groups -OCH3 is 2. The summed E-state index contributed by atoms with van der Waals surface area (Å²) >= 11 is 0. The molecule has 0 radical (unpaired) electrons. The topological polar surface area (TPSA) is 126 Å². The zero-order valence-electron chi connectivity index (χ0n) is 20.5. The standard InChI is InChI=1S/C26H29N5O5/c1-16-6-4-7-18(12-16)28-24-23-20(29-22(30-24)8-5-11-27-26(33)34)15-31(25(23)32)14-17-9-10-19(35-2)13-21(17)36-3/h4,6-7,9-10,12-13,27H,5,8,11,14-15H2,1-3H3,(H,33,34)(H,28,29,30). The normalized spacial score (nSPS) is 12.3. The van der Waals surface area contributed by atoms with Crippen molar-refractivity contribution < 1.29 is 24.2 Å². The fourth-order valence-electron chi connectivity index (χ4n) is 4.13. The number of nitrogens with one attached hydrogen (secondary N) is 2. The summed E-state index contributed by atoms with van der Waals surface area (Å²) in [5, 5.41) is 14.5. The van der Waals surface area contributed by atoms with Crippen molar-refractivity contribution in [1.29, 1.82) is 0 Å². The molecule has 0 bridgehead atoms. The summed E-state index contributed by atoms with van der Waals surface area (Å²) in [7, 11) is 3.17. The van der Waals surface area contributed by atoms with E-state index in [2.05, 4.69) is 20.6 Å². The number of carbonyl (C=O) groups excluding carboxylic acids is 1. The van der Waals surface area contributed by atoms with Crippen LogP contribution in [-0.2, 0) is 19.5 Å². The smallest absolute Gasteiger partial charge is 0.404 e. The maximum atomic E-state index is 13.5. The van der Waals surface area contributed by atoms with Crippen LogP contribution in [0, 0.1) is 6.92 Å². The second-order valence-corrected chi connectivity index (χ2v) is 8.48. The molecule has 0 fully saturated rings. The lowest BCUT2D eigenvalue weighted by Gasteiger charge is -2.18. The largest absolute Gasteiger partial charge is 0.497 e. The molecule has 0 unspecified atom stereocenters. The van der Waals surface area contributed by atoms with Gasteiger partial charge in [-0.3, -0.25) is 4.79 Å². The van der Waals surface area contributed by atoms with Crippen molar-refractivity contribution in [3.63, 3.8) is 0 Å². The van der Waals surface area contributed by atoms with Crippen LogP contribution in [0.4, 0.5) is 16.3 Å². The molecule has 3 N–H and O–H groups in total. The predicted octanol–water partition coefficient (Wildman–Crippen LogP) is 3.90. The molecule has 0 saturated heterocycles. The van der Waals surface area contributed by atoms with E-state index in [0.717, 1.165) is 16.8 Å². The molecule has 1 aliphatic rings. The first-order chi connectivity index (χ1) is 17.4. The van der Waals surface area contributed by atoms with Crippen molar-refractivity contribution in [3.8, 4) is 11.5 Å². The number of fused-ring (bicyclic) bond motifs is 1. The molecule has 0 aliphatic carbocycles. The maximum absolute atomic E-state index is 13.5. The SMILES string of the molecule is COc1ccc(CN2Cc3nc(CCCNC(=O)O)nc(Nc4cccc(C)c4)c3C2=O)c(OC)c1. The lowest BCUT2D eigenvalue weighted by Crippen LogP contribution is -2.24. The van der Waals surface area contributed by atoms with Crippen LogP contribution >= 0.6 is 0 Å². The summed E-state index contributed by atoms with van der Waals surface area (Å²) in [6, 6.07) is 13.3. The molecular formula is C26H29N5O5. The molecule has 10 nitrogen and oxygen atoms in total. The van der Waals surface area contributed by atoms with Crippen LogP contribution in [0.25, 0.3) is 0 Å². The average Bonchev–Trinajstić information content (AvgIpc) is 3.17. The molecule has 188 valence electrons. The summed E-state index contributed by atoms with van der Waals surface area (Å²) in [6.45, 7) is 2.95. The highest BCUT2D eigenvalue weighted by molar-refractivity contribution is 6.02. The molecule has 1 aromatic heterocycles. The molecule has 1 aliphatic heterocycles. The zero-order valence-corrected chi connectivity index (χ0v) is 20.5. The number of carbonyl (C=O) groups is 2. The molecule has 3 aromatic rings. The van der Waals surface area contributed by atoms with Gasteiger partial charge in [0, 0.05) is 30.3 Å². The summed E-state index contributed by atoms with van der Waals surface area (Å²) in [5.74, 6) is 2.13. The fourth-order valence-corrected chi connectivity index (χ4v) is 4.13. The van der Waals surface area contributed by atoms with Crippen molar-refractivity contribution in [2.24, 2.45) is 0 Å². The second kappa shape index (κ2) is 10.9. The highest BCUT2D eigenvalue weighted by Gasteiger charge is 2.33. The molecule has 0 spiro atoms. The van der Waals surface area contributed by atoms with Gasteiger partial charge in [0.1, 0.15) is 28.7 Å². The van der Waals surface area contributed by atoms with E-state index in [9.17, 15) is 9.59 Å². The quantitative estimate of drug-likeness (QED) is 0.365. The number of benzene rings is 2. The lowest BCUT2D eigenvalue weighted by molar-refractivity contribution is 0.0765. The van der Waals surface area contributed by atoms with Gasteiger partial charge in [0.05, 0.1) is 33.0 Å². The summed E-state index contributed by atoms with van der Waals surface area (Å²) in [6.07, 6.45) is -0.0615. The van der Waals surface area contributed by atoms with Crippen LogP contribution in [0.1, 0.15) is 39.4 Å². The van der Waals surface area contributed by atoms with Gasteiger partial charge in [0.25, 0.3) is 5.91 Å². The highest BCUT2D eigenvalue weighted by Crippen LogP contribution is 2.33. The number of aromatic nitrogens is 2. The number of anilines is 2. The van der Waals surface area contributed by atoms with Crippen LogP contribution in [0.3, 0.4) is 0 Å². The zero-order chi connectivity index (χ0) is 25.7. The summed E-state index contributed by atoms with van der Waals surface area (Å²) in [5.41, 5.74) is 3.82. The maximum Gasteiger partial charge on any atom is 0.404 e. The molecule has 0 saturated carbocycles. The Hall–Kier alpha value is -4.34. The van der Waals surface area contributed by atoms with Gasteiger partial charge in [-0.05, 0) is 43.2 Å². The number of hydrogen-bond acceptors (Lipinski definition) is 7. The predicted molar refractivity (Wildman–Crippen MR) is 134 cm³/mol. The third-order valence-electron chi connectivity index (χ3n) is 5.86. The van der Waals surface area contributed by atoms with E-state index in [1.165, 1.54) is 0 Å². The Morgan fingerprint density at radius 2 is 1.97 bits per heavy atom. The molecular weight excluding hydrogens is 462 g/mol. The van der Waals surface area contributed by atoms with E-state index in [-0.39, 0.29) is 5.91 Å². The molecule has 36 heavy (non-hydrogen) atoms. The first-order valence-electron chi connectivity index (χ1n) is 11.6. The average molecular weight is 492 g/mol. The van der Waals surface area contributed by atoms with E-state index in [1.54, 1.807) is 25.2 Å². The number of amides is 2. The number of rotatable bonds is 10. The van der Waals surface area contributed by atoms with Crippen LogP contribution < -0.4 is 20.1 Å². The van der Waals surface area contributed by atoms with E-state index in [0.29, 0.717) is 66.9 Å². The molecule has 0 atom stereocenters.